The topological polar surface area (TPSA) is 76.9 Å². The summed E-state index contributed by atoms with van der Waals surface area (Å²) in [5, 5.41) is 0. The van der Waals surface area contributed by atoms with Gasteiger partial charge in [0.15, 0.2) is 0 Å². The van der Waals surface area contributed by atoms with Gasteiger partial charge in [0.25, 0.3) is 5.82 Å². The zero-order valence-corrected chi connectivity index (χ0v) is 12.0. The van der Waals surface area contributed by atoms with E-state index < -0.39 is 10.1 Å². The predicted octanol–water partition coefficient (Wildman–Crippen LogP) is 1.19. The van der Waals surface area contributed by atoms with Crippen LogP contribution in [0, 0.1) is 20.8 Å². The molecule has 6 heteroatoms. The highest BCUT2D eigenvalue weighted by atomic mass is 32.2. The number of hydrogen-bond donors (Lipinski definition) is 1. The second kappa shape index (κ2) is 6.76. The first kappa shape index (κ1) is 16.1. The summed E-state index contributed by atoms with van der Waals surface area (Å²) in [5.74, 6) is 1.28. The molecule has 0 bridgehead atoms. The molecule has 1 aromatic rings. The summed E-state index contributed by atoms with van der Waals surface area (Å²) in [6, 6.07) is 0. The number of aromatic amines is 1. The number of H-pyrrole nitrogens is 1. The van der Waals surface area contributed by atoms with Gasteiger partial charge in [-0.3, -0.25) is 0 Å². The van der Waals surface area contributed by atoms with E-state index in [1.54, 1.807) is 0 Å². The molecule has 0 atom stereocenters. The Morgan fingerprint density at radius 2 is 1.76 bits per heavy atom. The Hall–Kier alpha value is -0.880. The molecule has 0 amide bonds. The van der Waals surface area contributed by atoms with Gasteiger partial charge in [-0.2, -0.15) is 0 Å². The van der Waals surface area contributed by atoms with E-state index in [9.17, 15) is 0 Å². The van der Waals surface area contributed by atoms with Crippen LogP contribution >= 0.6 is 0 Å². The van der Waals surface area contributed by atoms with Crippen molar-refractivity contribution in [2.45, 2.75) is 47.1 Å². The molecule has 0 spiro atoms. The zero-order chi connectivity index (χ0) is 13.6. The van der Waals surface area contributed by atoms with Crippen molar-refractivity contribution in [3.05, 3.63) is 17.2 Å². The van der Waals surface area contributed by atoms with Gasteiger partial charge in [-0.15, -0.1) is 0 Å². The first-order valence-corrected chi connectivity index (χ1v) is 7.45. The minimum atomic E-state index is -3.92. The molecule has 0 unspecified atom stereocenters. The number of unbranched alkanes of at least 4 members (excludes halogenated alkanes) is 1. The molecular formula is C11H22N2O3S. The minimum absolute atomic E-state index is 0.604. The van der Waals surface area contributed by atoms with Gasteiger partial charge >= 0.3 is 0 Å². The van der Waals surface area contributed by atoms with Crippen LogP contribution in [-0.4, -0.2) is 24.2 Å². The van der Waals surface area contributed by atoms with E-state index in [1.807, 2.05) is 0 Å². The maximum absolute atomic E-state index is 9.08. The second-order valence-corrected chi connectivity index (χ2v) is 5.54. The summed E-state index contributed by atoms with van der Waals surface area (Å²) in [7, 11) is -3.92. The monoisotopic (exact) mass is 262 g/mol. The summed E-state index contributed by atoms with van der Waals surface area (Å²) in [4.78, 5) is 3.35. The van der Waals surface area contributed by atoms with Crippen LogP contribution in [0.3, 0.4) is 0 Å². The molecule has 0 saturated carbocycles. The van der Waals surface area contributed by atoms with Gasteiger partial charge in [-0.05, 0) is 6.42 Å². The zero-order valence-electron chi connectivity index (χ0n) is 11.2. The normalized spacial score (nSPS) is 10.9. The fourth-order valence-corrected chi connectivity index (χ4v) is 1.53. The Labute approximate surface area is 104 Å². The molecule has 17 heavy (non-hydrogen) atoms. The Kier molecular flexibility index (Phi) is 6.41. The molecule has 1 aromatic heterocycles. The van der Waals surface area contributed by atoms with Crippen LogP contribution in [0.25, 0.3) is 0 Å². The molecule has 0 radical (unpaired) electrons. The molecule has 0 aliphatic rings. The lowest BCUT2D eigenvalue weighted by molar-refractivity contribution is -0.707. The summed E-state index contributed by atoms with van der Waals surface area (Å²) in [5.41, 5.74) is 2.67. The first-order chi connectivity index (χ1) is 7.66. The van der Waals surface area contributed by atoms with Crippen molar-refractivity contribution in [1.29, 1.82) is 0 Å². The fraction of sp³-hybridized carbons (Fsp3) is 0.727. The largest absolute Gasteiger partial charge is 0.748 e. The van der Waals surface area contributed by atoms with E-state index in [2.05, 4.69) is 37.2 Å². The molecule has 0 aromatic carbocycles. The van der Waals surface area contributed by atoms with Gasteiger partial charge in [0.1, 0.15) is 11.4 Å². The van der Waals surface area contributed by atoms with Crippen LogP contribution in [-0.2, 0) is 16.7 Å². The number of nitrogens with one attached hydrogen (secondary N) is 1. The first-order valence-electron chi connectivity index (χ1n) is 5.63. The van der Waals surface area contributed by atoms with Crippen molar-refractivity contribution < 1.29 is 17.5 Å². The van der Waals surface area contributed by atoms with Crippen LogP contribution in [0.1, 0.15) is 37.0 Å². The third kappa shape index (κ3) is 7.12. The van der Waals surface area contributed by atoms with Crippen molar-refractivity contribution in [2.24, 2.45) is 0 Å². The standard InChI is InChI=1S/C10H18N2.CH4O3S/c1-5-6-7-12-9(3)8(2)11-10(12)4;1-5(2,3)4/h5-7H2,1-4H3;1H3,(H,2,3,4). The van der Waals surface area contributed by atoms with Gasteiger partial charge in [0.2, 0.25) is 0 Å². The number of aryl methyl sites for hydroxylation is 2. The average molecular weight is 262 g/mol. The highest BCUT2D eigenvalue weighted by molar-refractivity contribution is 7.84. The number of hydrogen-bond acceptors (Lipinski definition) is 3. The third-order valence-corrected chi connectivity index (χ3v) is 2.46. The van der Waals surface area contributed by atoms with Gasteiger partial charge < -0.3 is 4.55 Å². The molecule has 5 nitrogen and oxygen atoms in total. The van der Waals surface area contributed by atoms with Crippen LogP contribution < -0.4 is 4.57 Å². The van der Waals surface area contributed by atoms with Gasteiger partial charge in [0, 0.05) is 27.0 Å². The van der Waals surface area contributed by atoms with Crippen LogP contribution in [0.5, 0.6) is 0 Å². The summed E-state index contributed by atoms with van der Waals surface area (Å²) in [6.07, 6.45) is 3.13. The summed E-state index contributed by atoms with van der Waals surface area (Å²) in [6.45, 7) is 9.82. The average Bonchev–Trinajstić information content (AvgIpc) is 2.37. The lowest BCUT2D eigenvalue weighted by atomic mass is 10.3. The lowest BCUT2D eigenvalue weighted by Gasteiger charge is -1.98. The van der Waals surface area contributed by atoms with Crippen LogP contribution in [0.15, 0.2) is 0 Å². The highest BCUT2D eigenvalue weighted by Crippen LogP contribution is 2.00. The highest BCUT2D eigenvalue weighted by Gasteiger charge is 2.13. The predicted molar refractivity (Wildman–Crippen MR) is 65.7 cm³/mol. The molecular weight excluding hydrogens is 240 g/mol. The van der Waals surface area contributed by atoms with Crippen molar-refractivity contribution >= 4 is 10.1 Å². The number of nitrogens with zero attached hydrogens (tertiary/aromatic N) is 1. The number of rotatable bonds is 3. The van der Waals surface area contributed by atoms with Crippen molar-refractivity contribution in [3.8, 4) is 0 Å². The third-order valence-electron chi connectivity index (χ3n) is 2.46. The van der Waals surface area contributed by atoms with E-state index in [1.165, 1.54) is 30.1 Å². The van der Waals surface area contributed by atoms with Crippen LogP contribution in [0.4, 0.5) is 0 Å². The molecule has 1 N–H and O–H groups in total. The van der Waals surface area contributed by atoms with Gasteiger partial charge in [-0.25, -0.2) is 18.0 Å². The maximum Gasteiger partial charge on any atom is 0.251 e. The lowest BCUT2D eigenvalue weighted by Crippen LogP contribution is -2.37. The molecule has 1 heterocycles. The molecule has 0 fully saturated rings. The molecule has 0 saturated heterocycles. The summed E-state index contributed by atoms with van der Waals surface area (Å²) < 4.78 is 29.6. The Morgan fingerprint density at radius 1 is 1.29 bits per heavy atom. The van der Waals surface area contributed by atoms with E-state index in [0.717, 1.165) is 6.54 Å². The Balaban J connectivity index is 0.000000437. The SMILES string of the molecule is CCCC[n+]1c(C)[nH]c(C)c1C.CS(=O)(=O)[O-]. The van der Waals surface area contributed by atoms with Crippen molar-refractivity contribution in [3.63, 3.8) is 0 Å². The van der Waals surface area contributed by atoms with Crippen molar-refractivity contribution in [2.75, 3.05) is 6.26 Å². The van der Waals surface area contributed by atoms with Crippen molar-refractivity contribution in [1.82, 2.24) is 4.98 Å². The Morgan fingerprint density at radius 3 is 2.06 bits per heavy atom. The van der Waals surface area contributed by atoms with E-state index >= 15 is 0 Å². The van der Waals surface area contributed by atoms with E-state index in [-0.39, 0.29) is 0 Å². The van der Waals surface area contributed by atoms with E-state index in [0.29, 0.717) is 6.26 Å². The maximum atomic E-state index is 9.08. The quantitative estimate of drug-likeness (QED) is 0.656. The second-order valence-electron chi connectivity index (χ2n) is 4.13. The summed E-state index contributed by atoms with van der Waals surface area (Å²) >= 11 is 0. The Bertz CT molecular complexity index is 442. The van der Waals surface area contributed by atoms with E-state index in [4.69, 9.17) is 13.0 Å². The van der Waals surface area contributed by atoms with Gasteiger partial charge in [-0.1, -0.05) is 13.3 Å². The van der Waals surface area contributed by atoms with Gasteiger partial charge in [0.05, 0.1) is 16.7 Å². The molecule has 1 rings (SSSR count). The number of imidazole rings is 1. The molecule has 0 aliphatic heterocycles. The minimum Gasteiger partial charge on any atom is -0.748 e. The number of aromatic nitrogens is 2. The van der Waals surface area contributed by atoms with Crippen LogP contribution in [0.2, 0.25) is 0 Å². The smallest absolute Gasteiger partial charge is 0.251 e. The fourth-order valence-electron chi connectivity index (χ4n) is 1.53. The molecule has 0 aliphatic carbocycles. The molecule has 100 valence electrons.